The van der Waals surface area contributed by atoms with Gasteiger partial charge in [0.1, 0.15) is 0 Å². The number of hydrogen-bond acceptors (Lipinski definition) is 2. The number of rotatable bonds is 8. The molecular weight excluding hydrogens is 356 g/mol. The van der Waals surface area contributed by atoms with Crippen LogP contribution in [-0.4, -0.2) is 25.2 Å². The third-order valence-electron chi connectivity index (χ3n) is 6.18. The van der Waals surface area contributed by atoms with Crippen molar-refractivity contribution in [3.63, 3.8) is 0 Å². The van der Waals surface area contributed by atoms with E-state index in [0.29, 0.717) is 11.1 Å². The molecule has 2 nitrogen and oxygen atoms in total. The summed E-state index contributed by atoms with van der Waals surface area (Å²) in [6.07, 6.45) is 13.4. The predicted octanol–water partition coefficient (Wildman–Crippen LogP) is 6.99. The van der Waals surface area contributed by atoms with Crippen LogP contribution in [0.25, 0.3) is 0 Å². The Hall–Kier alpha value is 0.0506. The molecule has 144 valence electrons. The summed E-state index contributed by atoms with van der Waals surface area (Å²) in [5.41, 5.74) is 5.57. The Morgan fingerprint density at radius 1 is 0.640 bits per heavy atom. The molecule has 0 spiro atoms. The van der Waals surface area contributed by atoms with Crippen LogP contribution in [0.15, 0.2) is 24.6 Å². The molecule has 2 aliphatic carbocycles. The molecule has 2 saturated carbocycles. The van der Waals surface area contributed by atoms with Gasteiger partial charge in [0, 0.05) is 11.1 Å². The van der Waals surface area contributed by atoms with Gasteiger partial charge in [-0.25, -0.2) is 0 Å². The maximum atomic E-state index is 7.22. The quantitative estimate of drug-likeness (QED) is 0.411. The first-order valence-electron chi connectivity index (χ1n) is 10.4. The highest BCUT2D eigenvalue weighted by molar-refractivity contribution is 6.92. The second-order valence-corrected chi connectivity index (χ2v) is 21.1. The van der Waals surface area contributed by atoms with Gasteiger partial charge >= 0.3 is 8.56 Å². The van der Waals surface area contributed by atoms with Crippen LogP contribution in [-0.2, 0) is 8.23 Å². The average Bonchev–Trinajstić information content (AvgIpc) is 2.62. The lowest BCUT2D eigenvalue weighted by Crippen LogP contribution is -2.61. The molecule has 0 amide bonds. The average molecular weight is 397 g/mol. The minimum Gasteiger partial charge on any atom is -0.433 e. The largest absolute Gasteiger partial charge is 0.433 e. The van der Waals surface area contributed by atoms with Crippen LogP contribution in [0.5, 0.6) is 0 Å². The van der Waals surface area contributed by atoms with Crippen molar-refractivity contribution in [2.24, 2.45) is 0 Å². The standard InChI is InChI=1S/C20H40O2Si3/c1-7-23(3,4)21-25(22-24(5,6)8-2,19-15-11-9-12-16-19)20-17-13-10-14-18-20/h7-8,19-20H,1-2,9-18H2,3-6H3. The third-order valence-corrected chi connectivity index (χ3v) is 18.3. The molecule has 0 N–H and O–H groups in total. The molecule has 0 aromatic carbocycles. The summed E-state index contributed by atoms with van der Waals surface area (Å²) in [7, 11) is -6.13. The summed E-state index contributed by atoms with van der Waals surface area (Å²) in [5, 5.41) is 0. The Bertz CT molecular complexity index is 408. The molecule has 25 heavy (non-hydrogen) atoms. The van der Waals surface area contributed by atoms with E-state index in [-0.39, 0.29) is 0 Å². The second-order valence-electron chi connectivity index (χ2n) is 9.21. The van der Waals surface area contributed by atoms with Crippen molar-refractivity contribution < 1.29 is 8.23 Å². The molecule has 0 heterocycles. The van der Waals surface area contributed by atoms with Crippen LogP contribution in [0.2, 0.25) is 37.3 Å². The maximum absolute atomic E-state index is 7.22. The molecule has 0 atom stereocenters. The highest BCUT2D eigenvalue weighted by atomic mass is 28.5. The van der Waals surface area contributed by atoms with E-state index >= 15 is 0 Å². The molecule has 0 radical (unpaired) electrons. The molecule has 2 rings (SSSR count). The number of hydrogen-bond donors (Lipinski definition) is 0. The summed E-state index contributed by atoms with van der Waals surface area (Å²) in [6.45, 7) is 17.5. The van der Waals surface area contributed by atoms with Crippen LogP contribution in [0, 0.1) is 0 Å². The summed E-state index contributed by atoms with van der Waals surface area (Å²) in [5.74, 6) is 0. The van der Waals surface area contributed by atoms with Crippen LogP contribution in [0.3, 0.4) is 0 Å². The Balaban J connectivity index is 2.45. The molecule has 0 saturated heterocycles. The van der Waals surface area contributed by atoms with Crippen molar-refractivity contribution in [2.45, 2.75) is 101 Å². The van der Waals surface area contributed by atoms with Gasteiger partial charge in [-0.2, -0.15) is 0 Å². The van der Waals surface area contributed by atoms with Crippen molar-refractivity contribution >= 4 is 25.2 Å². The highest BCUT2D eigenvalue weighted by Gasteiger charge is 2.56. The Morgan fingerprint density at radius 2 is 0.960 bits per heavy atom. The first-order valence-corrected chi connectivity index (χ1v) is 18.4. The zero-order chi connectivity index (χ0) is 18.6. The summed E-state index contributed by atoms with van der Waals surface area (Å²) < 4.78 is 14.4. The van der Waals surface area contributed by atoms with Crippen LogP contribution >= 0.6 is 0 Å². The Morgan fingerprint density at radius 3 is 1.24 bits per heavy atom. The zero-order valence-electron chi connectivity index (χ0n) is 17.1. The van der Waals surface area contributed by atoms with Gasteiger partial charge < -0.3 is 8.23 Å². The van der Waals surface area contributed by atoms with Crippen molar-refractivity contribution in [3.05, 3.63) is 24.6 Å². The van der Waals surface area contributed by atoms with Crippen molar-refractivity contribution in [2.75, 3.05) is 0 Å². The Kier molecular flexibility index (Phi) is 7.54. The normalized spacial score (nSPS) is 21.9. The van der Waals surface area contributed by atoms with E-state index in [1.807, 2.05) is 0 Å². The second kappa shape index (κ2) is 8.83. The van der Waals surface area contributed by atoms with Gasteiger partial charge in [0.15, 0.2) is 16.6 Å². The summed E-state index contributed by atoms with van der Waals surface area (Å²) in [4.78, 5) is 0. The molecular formula is C20H40O2Si3. The van der Waals surface area contributed by atoms with Crippen molar-refractivity contribution in [1.29, 1.82) is 0 Å². The highest BCUT2D eigenvalue weighted by Crippen LogP contribution is 2.51. The molecule has 2 aliphatic rings. The summed E-state index contributed by atoms with van der Waals surface area (Å²) in [6, 6.07) is 0. The zero-order valence-corrected chi connectivity index (χ0v) is 20.1. The van der Waals surface area contributed by atoms with Gasteiger partial charge in [-0.05, 0) is 51.9 Å². The topological polar surface area (TPSA) is 18.5 Å². The van der Waals surface area contributed by atoms with Crippen LogP contribution in [0.1, 0.15) is 64.2 Å². The fraction of sp³-hybridized carbons (Fsp3) is 0.800. The van der Waals surface area contributed by atoms with Crippen LogP contribution < -0.4 is 0 Å². The van der Waals surface area contributed by atoms with Gasteiger partial charge in [-0.15, -0.1) is 13.2 Å². The lowest BCUT2D eigenvalue weighted by Gasteiger charge is -2.51. The van der Waals surface area contributed by atoms with Crippen molar-refractivity contribution in [3.8, 4) is 0 Å². The van der Waals surface area contributed by atoms with E-state index in [4.69, 9.17) is 8.23 Å². The lowest BCUT2D eigenvalue weighted by atomic mass is 9.99. The molecule has 0 aromatic rings. The fourth-order valence-electron chi connectivity index (χ4n) is 4.60. The predicted molar refractivity (Wildman–Crippen MR) is 117 cm³/mol. The van der Waals surface area contributed by atoms with E-state index in [0.717, 1.165) is 0 Å². The van der Waals surface area contributed by atoms with E-state index in [1.165, 1.54) is 64.2 Å². The van der Waals surface area contributed by atoms with Gasteiger partial charge in [-0.3, -0.25) is 0 Å². The molecule has 0 aliphatic heterocycles. The molecule has 2 fully saturated rings. The molecule has 0 bridgehead atoms. The van der Waals surface area contributed by atoms with Crippen molar-refractivity contribution in [1.82, 2.24) is 0 Å². The van der Waals surface area contributed by atoms with E-state index in [9.17, 15) is 0 Å². The minimum absolute atomic E-state index is 0.669. The smallest absolute Gasteiger partial charge is 0.324 e. The van der Waals surface area contributed by atoms with Gasteiger partial charge in [-0.1, -0.05) is 49.9 Å². The van der Waals surface area contributed by atoms with Gasteiger partial charge in [0.2, 0.25) is 0 Å². The minimum atomic E-state index is -2.33. The Labute approximate surface area is 159 Å². The van der Waals surface area contributed by atoms with E-state index in [2.05, 4.69) is 50.7 Å². The molecule has 0 aromatic heterocycles. The maximum Gasteiger partial charge on any atom is 0.324 e. The lowest BCUT2D eigenvalue weighted by molar-refractivity contribution is 0.288. The third kappa shape index (κ3) is 5.51. The first-order chi connectivity index (χ1) is 11.7. The SMILES string of the molecule is C=C[Si](C)(C)O[Si](O[Si](C)(C)C=C)(C1CCCCC1)C1CCCCC1. The van der Waals surface area contributed by atoms with Gasteiger partial charge in [0.25, 0.3) is 0 Å². The fourth-order valence-corrected chi connectivity index (χ4v) is 18.1. The first kappa shape index (κ1) is 21.4. The summed E-state index contributed by atoms with van der Waals surface area (Å²) >= 11 is 0. The van der Waals surface area contributed by atoms with Gasteiger partial charge in [0.05, 0.1) is 0 Å². The van der Waals surface area contributed by atoms with E-state index < -0.39 is 25.2 Å². The van der Waals surface area contributed by atoms with Crippen LogP contribution in [0.4, 0.5) is 0 Å². The molecule has 0 unspecified atom stereocenters. The molecule has 5 heteroatoms. The monoisotopic (exact) mass is 396 g/mol. The van der Waals surface area contributed by atoms with E-state index in [1.54, 1.807) is 0 Å².